The van der Waals surface area contributed by atoms with Gasteiger partial charge in [0.05, 0.1) is 10.0 Å². The molecule has 1 aromatic heterocycles. The fourth-order valence-electron chi connectivity index (χ4n) is 2.41. The quantitative estimate of drug-likeness (QED) is 0.817. The minimum absolute atomic E-state index is 0.301. The molecule has 2 aliphatic carbocycles. The molecule has 92 valence electrons. The lowest BCUT2D eigenvalue weighted by Gasteiger charge is -2.16. The minimum atomic E-state index is 0.301. The van der Waals surface area contributed by atoms with E-state index in [9.17, 15) is 0 Å². The molecular weight excluding hydrogens is 279 g/mol. The van der Waals surface area contributed by atoms with Crippen LogP contribution in [-0.4, -0.2) is 11.5 Å². The van der Waals surface area contributed by atoms with E-state index in [0.29, 0.717) is 26.4 Å². The molecule has 0 aromatic carbocycles. The van der Waals surface area contributed by atoms with Gasteiger partial charge in [0.1, 0.15) is 11.0 Å². The highest BCUT2D eigenvalue weighted by Gasteiger charge is 2.53. The third-order valence-corrected chi connectivity index (χ3v) is 4.79. The molecule has 1 N–H and O–H groups in total. The number of pyridine rings is 1. The van der Waals surface area contributed by atoms with Gasteiger partial charge in [0.25, 0.3) is 0 Å². The van der Waals surface area contributed by atoms with Crippen LogP contribution in [0.15, 0.2) is 6.07 Å². The molecule has 1 aromatic rings. The van der Waals surface area contributed by atoms with Gasteiger partial charge in [-0.05, 0) is 43.1 Å². The normalized spacial score (nSPS) is 21.4. The number of hydrogen-bond donors (Lipinski definition) is 1. The summed E-state index contributed by atoms with van der Waals surface area (Å²) >= 11 is 17.8. The van der Waals surface area contributed by atoms with Gasteiger partial charge in [-0.25, -0.2) is 4.98 Å². The summed E-state index contributed by atoms with van der Waals surface area (Å²) in [5.74, 6) is 1.56. The third kappa shape index (κ3) is 2.35. The molecule has 17 heavy (non-hydrogen) atoms. The van der Waals surface area contributed by atoms with Crippen LogP contribution in [0, 0.1) is 11.3 Å². The maximum Gasteiger partial charge on any atom is 0.150 e. The molecule has 2 nitrogen and oxygen atoms in total. The second kappa shape index (κ2) is 4.18. The first-order valence-corrected chi connectivity index (χ1v) is 6.99. The Kier molecular flexibility index (Phi) is 2.92. The number of rotatable bonds is 4. The Morgan fingerprint density at radius 2 is 1.94 bits per heavy atom. The fraction of sp³-hybridized carbons (Fsp3) is 0.583. The Labute approximate surface area is 116 Å². The Bertz CT molecular complexity index is 453. The predicted molar refractivity (Wildman–Crippen MR) is 72.1 cm³/mol. The second-order valence-corrected chi connectivity index (χ2v) is 6.25. The minimum Gasteiger partial charge on any atom is -0.368 e. The van der Waals surface area contributed by atoms with Crippen LogP contribution in [0.2, 0.25) is 15.2 Å². The number of anilines is 1. The van der Waals surface area contributed by atoms with E-state index in [1.807, 2.05) is 0 Å². The summed E-state index contributed by atoms with van der Waals surface area (Å²) in [6.45, 7) is 0.947. The Morgan fingerprint density at radius 1 is 1.24 bits per heavy atom. The van der Waals surface area contributed by atoms with Crippen molar-refractivity contribution in [1.82, 2.24) is 4.98 Å². The molecule has 0 radical (unpaired) electrons. The van der Waals surface area contributed by atoms with E-state index in [1.54, 1.807) is 6.07 Å². The zero-order valence-electron chi connectivity index (χ0n) is 9.27. The van der Waals surface area contributed by atoms with E-state index >= 15 is 0 Å². The SMILES string of the molecule is Clc1cc(Cl)c(NCC2(C3CC3)CC2)nc1Cl. The van der Waals surface area contributed by atoms with Gasteiger partial charge in [0.15, 0.2) is 0 Å². The van der Waals surface area contributed by atoms with E-state index < -0.39 is 0 Å². The molecule has 0 atom stereocenters. The maximum atomic E-state index is 6.08. The highest BCUT2D eigenvalue weighted by molar-refractivity contribution is 6.42. The topological polar surface area (TPSA) is 24.9 Å². The predicted octanol–water partition coefficient (Wildman–Crippen LogP) is 4.64. The Balaban J connectivity index is 1.70. The molecule has 0 aliphatic heterocycles. The standard InChI is InChI=1S/C12H13Cl3N2/c13-8-5-9(14)11(17-10(8)15)16-6-12(3-4-12)7-1-2-7/h5,7H,1-4,6H2,(H,16,17). The van der Waals surface area contributed by atoms with E-state index in [4.69, 9.17) is 34.8 Å². The van der Waals surface area contributed by atoms with Gasteiger partial charge in [-0.1, -0.05) is 34.8 Å². The zero-order chi connectivity index (χ0) is 12.0. The molecule has 1 heterocycles. The van der Waals surface area contributed by atoms with Gasteiger partial charge in [0.2, 0.25) is 0 Å². The molecule has 5 heteroatoms. The van der Waals surface area contributed by atoms with Crippen molar-refractivity contribution in [3.63, 3.8) is 0 Å². The van der Waals surface area contributed by atoms with Crippen LogP contribution < -0.4 is 5.32 Å². The van der Waals surface area contributed by atoms with E-state index in [1.165, 1.54) is 25.7 Å². The highest BCUT2D eigenvalue weighted by Crippen LogP contribution is 2.61. The number of nitrogens with one attached hydrogen (secondary N) is 1. The van der Waals surface area contributed by atoms with E-state index in [2.05, 4.69) is 10.3 Å². The Hall–Kier alpha value is -0.180. The summed E-state index contributed by atoms with van der Waals surface area (Å²) < 4.78 is 0. The molecule has 0 saturated heterocycles. The molecule has 2 aliphatic rings. The zero-order valence-corrected chi connectivity index (χ0v) is 11.5. The number of aromatic nitrogens is 1. The first-order valence-electron chi connectivity index (χ1n) is 5.86. The average Bonchev–Trinajstić information content (AvgIpc) is 3.14. The van der Waals surface area contributed by atoms with Crippen LogP contribution >= 0.6 is 34.8 Å². The first kappa shape index (κ1) is 11.9. The molecule has 3 rings (SSSR count). The van der Waals surface area contributed by atoms with Gasteiger partial charge in [0, 0.05) is 6.54 Å². The van der Waals surface area contributed by atoms with Crippen LogP contribution in [-0.2, 0) is 0 Å². The lowest BCUT2D eigenvalue weighted by atomic mass is 10.0. The Morgan fingerprint density at radius 3 is 2.53 bits per heavy atom. The summed E-state index contributed by atoms with van der Waals surface area (Å²) in [6, 6.07) is 1.64. The second-order valence-electron chi connectivity index (χ2n) is 5.08. The van der Waals surface area contributed by atoms with Crippen LogP contribution in [0.25, 0.3) is 0 Å². The summed E-state index contributed by atoms with van der Waals surface area (Å²) in [6.07, 6.45) is 5.40. The first-order chi connectivity index (χ1) is 8.11. The molecule has 0 bridgehead atoms. The van der Waals surface area contributed by atoms with Gasteiger partial charge >= 0.3 is 0 Å². The summed E-state index contributed by atoms with van der Waals surface area (Å²) in [5.41, 5.74) is 0.511. The van der Waals surface area contributed by atoms with Crippen molar-refractivity contribution in [1.29, 1.82) is 0 Å². The molecule has 2 saturated carbocycles. The number of halogens is 3. The molecular formula is C12H13Cl3N2. The summed E-state index contributed by atoms with van der Waals surface area (Å²) in [5, 5.41) is 4.55. The highest BCUT2D eigenvalue weighted by atomic mass is 35.5. The van der Waals surface area contributed by atoms with Crippen LogP contribution in [0.5, 0.6) is 0 Å². The van der Waals surface area contributed by atoms with Crippen LogP contribution in [0.3, 0.4) is 0 Å². The van der Waals surface area contributed by atoms with Gasteiger partial charge in [-0.2, -0.15) is 0 Å². The van der Waals surface area contributed by atoms with Crippen molar-refractivity contribution >= 4 is 40.6 Å². The average molecular weight is 292 g/mol. The van der Waals surface area contributed by atoms with E-state index in [0.717, 1.165) is 12.5 Å². The van der Waals surface area contributed by atoms with Crippen molar-refractivity contribution in [2.75, 3.05) is 11.9 Å². The monoisotopic (exact) mass is 290 g/mol. The van der Waals surface area contributed by atoms with Gasteiger partial charge < -0.3 is 5.32 Å². The van der Waals surface area contributed by atoms with Crippen LogP contribution in [0.1, 0.15) is 25.7 Å². The van der Waals surface area contributed by atoms with Crippen molar-refractivity contribution in [2.24, 2.45) is 11.3 Å². The largest absolute Gasteiger partial charge is 0.368 e. The third-order valence-electron chi connectivity index (χ3n) is 3.83. The molecule has 2 fully saturated rings. The number of nitrogens with zero attached hydrogens (tertiary/aromatic N) is 1. The van der Waals surface area contributed by atoms with Crippen molar-refractivity contribution in [3.8, 4) is 0 Å². The lowest BCUT2D eigenvalue weighted by Crippen LogP contribution is -2.18. The van der Waals surface area contributed by atoms with Crippen molar-refractivity contribution in [3.05, 3.63) is 21.3 Å². The van der Waals surface area contributed by atoms with Crippen LogP contribution in [0.4, 0.5) is 5.82 Å². The lowest BCUT2D eigenvalue weighted by molar-refractivity contribution is 0.466. The number of hydrogen-bond acceptors (Lipinski definition) is 2. The summed E-state index contributed by atoms with van der Waals surface area (Å²) in [4.78, 5) is 4.17. The van der Waals surface area contributed by atoms with Gasteiger partial charge in [-0.3, -0.25) is 0 Å². The van der Waals surface area contributed by atoms with Crippen molar-refractivity contribution in [2.45, 2.75) is 25.7 Å². The molecule has 0 amide bonds. The summed E-state index contributed by atoms with van der Waals surface area (Å²) in [7, 11) is 0. The smallest absolute Gasteiger partial charge is 0.150 e. The fourth-order valence-corrected chi connectivity index (χ4v) is 2.98. The van der Waals surface area contributed by atoms with Gasteiger partial charge in [-0.15, -0.1) is 0 Å². The molecule has 0 spiro atoms. The van der Waals surface area contributed by atoms with Crippen molar-refractivity contribution < 1.29 is 0 Å². The maximum absolute atomic E-state index is 6.08. The van der Waals surface area contributed by atoms with E-state index in [-0.39, 0.29) is 0 Å². The molecule has 0 unspecified atom stereocenters.